The van der Waals surface area contributed by atoms with Crippen LogP contribution in [-0.2, 0) is 0 Å². The van der Waals surface area contributed by atoms with Gasteiger partial charge in [0.05, 0.1) is 14.4 Å². The summed E-state index contributed by atoms with van der Waals surface area (Å²) in [5.41, 5.74) is 0.528. The van der Waals surface area contributed by atoms with Crippen LogP contribution < -0.4 is 9.92 Å². The maximum absolute atomic E-state index is 11.9. The molecule has 0 saturated heterocycles. The molecule has 0 fully saturated rings. The van der Waals surface area contributed by atoms with Gasteiger partial charge in [0.15, 0.2) is 0 Å². The van der Waals surface area contributed by atoms with Crippen molar-refractivity contribution >= 4 is 20.0 Å². The number of ether oxygens (including phenoxy) is 1. The second kappa shape index (κ2) is 5.71. The molecule has 0 aliphatic carbocycles. The van der Waals surface area contributed by atoms with E-state index in [4.69, 9.17) is 9.84 Å². The van der Waals surface area contributed by atoms with E-state index in [-0.39, 0.29) is 5.75 Å². The van der Waals surface area contributed by atoms with E-state index >= 15 is 0 Å². The largest absolute Gasteiger partial charge is 0.508 e. The van der Waals surface area contributed by atoms with Gasteiger partial charge in [-0.05, 0) is 36.4 Å². The number of hydrogen-bond donors (Lipinski definition) is 1. The first-order valence-electron chi connectivity index (χ1n) is 5.98. The first-order valence-corrected chi connectivity index (χ1v) is 8.48. The van der Waals surface area contributed by atoms with Gasteiger partial charge in [0.2, 0.25) is 0 Å². The summed E-state index contributed by atoms with van der Waals surface area (Å²) in [5.74, 6) is 0.172. The Hall–Kier alpha value is -2.07. The number of phenols is 1. The molecule has 3 nitrogen and oxygen atoms in total. The highest BCUT2D eigenvalue weighted by atomic mass is 28.3. The van der Waals surface area contributed by atoms with Crippen molar-refractivity contribution < 1.29 is 14.6 Å². The van der Waals surface area contributed by atoms with Crippen molar-refractivity contribution in [2.75, 3.05) is 0 Å². The molecule has 2 rings (SSSR count). The summed E-state index contributed by atoms with van der Waals surface area (Å²) in [6.45, 7) is 4.41. The molecule has 0 heterocycles. The summed E-state index contributed by atoms with van der Waals surface area (Å²) >= 11 is 0. The van der Waals surface area contributed by atoms with Gasteiger partial charge in [-0.15, -0.1) is 0 Å². The van der Waals surface area contributed by atoms with Crippen LogP contribution in [0.5, 0.6) is 11.5 Å². The minimum atomic E-state index is -0.497. The van der Waals surface area contributed by atoms with Crippen molar-refractivity contribution in [3.8, 4) is 11.5 Å². The first-order chi connectivity index (χ1) is 9.06. The predicted octanol–water partition coefficient (Wildman–Crippen LogP) is 2.57. The van der Waals surface area contributed by atoms with Crippen molar-refractivity contribution in [2.24, 2.45) is 0 Å². The predicted molar refractivity (Wildman–Crippen MR) is 76.6 cm³/mol. The third kappa shape index (κ3) is 3.45. The van der Waals surface area contributed by atoms with Gasteiger partial charge in [0.25, 0.3) is 0 Å². The summed E-state index contributed by atoms with van der Waals surface area (Å²) in [4.78, 5) is 11.9. The molecule has 4 heteroatoms. The van der Waals surface area contributed by atoms with Crippen molar-refractivity contribution in [3.05, 3.63) is 54.1 Å². The lowest BCUT2D eigenvalue weighted by atomic mass is 10.2. The Labute approximate surface area is 114 Å². The minimum Gasteiger partial charge on any atom is -0.508 e. The number of carbonyl (C=O) groups is 1. The monoisotopic (exact) mass is 271 g/mol. The van der Waals surface area contributed by atoms with E-state index in [0.717, 1.165) is 0 Å². The van der Waals surface area contributed by atoms with E-state index in [0.29, 0.717) is 11.3 Å². The Morgan fingerprint density at radius 2 is 1.58 bits per heavy atom. The third-order valence-corrected chi connectivity index (χ3v) is 4.23. The third-order valence-electron chi connectivity index (χ3n) is 2.75. The van der Waals surface area contributed by atoms with Gasteiger partial charge in [-0.1, -0.05) is 30.4 Å². The molecule has 1 N–H and O–H groups in total. The lowest BCUT2D eigenvalue weighted by Gasteiger charge is -2.06. The molecule has 97 valence electrons. The highest BCUT2D eigenvalue weighted by Crippen LogP contribution is 2.17. The normalized spacial score (nSPS) is 10.5. The van der Waals surface area contributed by atoms with Crippen LogP contribution in [-0.4, -0.2) is 19.9 Å². The number of esters is 1. The van der Waals surface area contributed by atoms with Crippen molar-refractivity contribution in [2.45, 2.75) is 13.1 Å². The maximum atomic E-state index is 11.9. The standard InChI is InChI=1S/C15H15O3Si/c1-19(2)14-9-3-11(4-10-14)15(17)18-13-7-5-12(16)6-8-13/h3-10,16H,1-2H3. The second-order valence-corrected chi connectivity index (χ2v) is 7.04. The van der Waals surface area contributed by atoms with E-state index in [1.807, 2.05) is 12.1 Å². The number of aromatic hydroxyl groups is 1. The zero-order valence-electron chi connectivity index (χ0n) is 10.9. The summed E-state index contributed by atoms with van der Waals surface area (Å²) in [6, 6.07) is 13.6. The molecule has 2 aromatic carbocycles. The summed E-state index contributed by atoms with van der Waals surface area (Å²) < 4.78 is 5.21. The molecule has 2 aromatic rings. The number of rotatable bonds is 3. The van der Waals surface area contributed by atoms with E-state index in [1.54, 1.807) is 24.3 Å². The molecule has 0 saturated carbocycles. The van der Waals surface area contributed by atoms with Crippen molar-refractivity contribution in [3.63, 3.8) is 0 Å². The molecule has 0 bridgehead atoms. The molecular weight excluding hydrogens is 256 g/mol. The van der Waals surface area contributed by atoms with Gasteiger partial charge < -0.3 is 9.84 Å². The Kier molecular flexibility index (Phi) is 4.02. The average molecular weight is 271 g/mol. The maximum Gasteiger partial charge on any atom is 0.343 e. The number of benzene rings is 2. The lowest BCUT2D eigenvalue weighted by molar-refractivity contribution is 0.0734. The van der Waals surface area contributed by atoms with E-state index in [9.17, 15) is 4.79 Å². The summed E-state index contributed by atoms with van der Waals surface area (Å²) in [6.07, 6.45) is 0. The second-order valence-electron chi connectivity index (χ2n) is 4.46. The van der Waals surface area contributed by atoms with Crippen LogP contribution in [0.15, 0.2) is 48.5 Å². The molecule has 0 aliphatic rings. The Morgan fingerprint density at radius 1 is 1.00 bits per heavy atom. The molecule has 1 radical (unpaired) electrons. The Morgan fingerprint density at radius 3 is 2.11 bits per heavy atom. The molecule has 0 atom stereocenters. The zero-order chi connectivity index (χ0) is 13.8. The molecule has 0 spiro atoms. The first kappa shape index (κ1) is 13.4. The van der Waals surface area contributed by atoms with E-state index in [2.05, 4.69) is 13.1 Å². The number of carbonyl (C=O) groups excluding carboxylic acids is 1. The highest BCUT2D eigenvalue weighted by Gasteiger charge is 2.09. The molecule has 0 unspecified atom stereocenters. The fourth-order valence-electron chi connectivity index (χ4n) is 1.62. The van der Waals surface area contributed by atoms with Gasteiger partial charge in [0, 0.05) is 0 Å². The zero-order valence-corrected chi connectivity index (χ0v) is 11.9. The van der Waals surface area contributed by atoms with Gasteiger partial charge in [-0.25, -0.2) is 4.79 Å². The summed E-state index contributed by atoms with van der Waals surface area (Å²) in [5, 5.41) is 10.4. The summed E-state index contributed by atoms with van der Waals surface area (Å²) in [7, 11) is -0.497. The smallest absolute Gasteiger partial charge is 0.343 e. The van der Waals surface area contributed by atoms with Crippen LogP contribution >= 0.6 is 0 Å². The molecule has 0 aliphatic heterocycles. The van der Waals surface area contributed by atoms with Crippen LogP contribution in [0.25, 0.3) is 0 Å². The van der Waals surface area contributed by atoms with E-state index in [1.165, 1.54) is 17.3 Å². The molecule has 19 heavy (non-hydrogen) atoms. The lowest BCUT2D eigenvalue weighted by Crippen LogP contribution is -2.22. The minimum absolute atomic E-state index is 0.143. The van der Waals surface area contributed by atoms with Crippen LogP contribution in [0.1, 0.15) is 10.4 Å². The number of hydrogen-bond acceptors (Lipinski definition) is 3. The average Bonchev–Trinajstić information content (AvgIpc) is 2.41. The van der Waals surface area contributed by atoms with Gasteiger partial charge in [0.1, 0.15) is 11.5 Å². The van der Waals surface area contributed by atoms with Crippen LogP contribution in [0.2, 0.25) is 13.1 Å². The van der Waals surface area contributed by atoms with Crippen LogP contribution in [0, 0.1) is 0 Å². The molecule has 0 aromatic heterocycles. The fraction of sp³-hybridized carbons (Fsp3) is 0.133. The van der Waals surface area contributed by atoms with Crippen LogP contribution in [0.4, 0.5) is 0 Å². The highest BCUT2D eigenvalue weighted by molar-refractivity contribution is 6.70. The molecular formula is C15H15O3Si. The number of phenolic OH excluding ortho intramolecular Hbond substituents is 1. The van der Waals surface area contributed by atoms with Gasteiger partial charge in [-0.3, -0.25) is 0 Å². The Balaban J connectivity index is 2.09. The van der Waals surface area contributed by atoms with Crippen molar-refractivity contribution in [1.82, 2.24) is 0 Å². The van der Waals surface area contributed by atoms with E-state index < -0.39 is 14.8 Å². The van der Waals surface area contributed by atoms with Gasteiger partial charge >= 0.3 is 5.97 Å². The van der Waals surface area contributed by atoms with Crippen LogP contribution in [0.3, 0.4) is 0 Å². The topological polar surface area (TPSA) is 46.5 Å². The molecule has 0 amide bonds. The van der Waals surface area contributed by atoms with Crippen molar-refractivity contribution in [1.29, 1.82) is 0 Å². The van der Waals surface area contributed by atoms with Gasteiger partial charge in [-0.2, -0.15) is 0 Å². The Bertz CT molecular complexity index is 559. The quantitative estimate of drug-likeness (QED) is 0.530. The fourth-order valence-corrected chi connectivity index (χ4v) is 2.45. The SMILES string of the molecule is C[Si](C)c1ccc(C(=O)Oc2ccc(O)cc2)cc1.